The van der Waals surface area contributed by atoms with Crippen molar-refractivity contribution in [3.63, 3.8) is 0 Å². The highest BCUT2D eigenvalue weighted by atomic mass is 32.1. The number of likely N-dealkylation sites (tertiary alicyclic amines) is 1. The van der Waals surface area contributed by atoms with E-state index in [9.17, 15) is 4.79 Å². The molecule has 1 aliphatic heterocycles. The summed E-state index contributed by atoms with van der Waals surface area (Å²) in [6.07, 6.45) is 5.85. The first-order valence-electron chi connectivity index (χ1n) is 11.5. The number of hydrogen-bond donors (Lipinski definition) is 1. The number of amides is 1. The number of benzene rings is 2. The van der Waals surface area contributed by atoms with Gasteiger partial charge in [-0.15, -0.1) is 11.3 Å². The highest BCUT2D eigenvalue weighted by molar-refractivity contribution is 7.15. The fraction of sp³-hybridized carbons (Fsp3) is 0.333. The third-order valence-corrected chi connectivity index (χ3v) is 6.98. The second kappa shape index (κ2) is 11.3. The zero-order valence-corrected chi connectivity index (χ0v) is 20.1. The summed E-state index contributed by atoms with van der Waals surface area (Å²) >= 11 is 1.57. The summed E-state index contributed by atoms with van der Waals surface area (Å²) in [4.78, 5) is 20.7. The van der Waals surface area contributed by atoms with Gasteiger partial charge in [-0.3, -0.25) is 15.0 Å². The number of ether oxygens (including phenoxy) is 1. The summed E-state index contributed by atoms with van der Waals surface area (Å²) in [5.41, 5.74) is 3.07. The summed E-state index contributed by atoms with van der Waals surface area (Å²) in [6, 6.07) is 17.8. The first-order chi connectivity index (χ1) is 16.0. The molecule has 3 aromatic rings. The fourth-order valence-electron chi connectivity index (χ4n) is 3.79. The molecule has 0 atom stereocenters. The predicted octanol–water partition coefficient (Wildman–Crippen LogP) is 5.91. The van der Waals surface area contributed by atoms with Gasteiger partial charge in [-0.2, -0.15) is 0 Å². The number of rotatable bonds is 8. The van der Waals surface area contributed by atoms with Gasteiger partial charge < -0.3 is 4.74 Å². The van der Waals surface area contributed by atoms with Crippen LogP contribution in [0, 0.1) is 12.8 Å². The van der Waals surface area contributed by atoms with Crippen LogP contribution in [-0.2, 0) is 17.9 Å². The Hall–Kier alpha value is -2.96. The van der Waals surface area contributed by atoms with Gasteiger partial charge >= 0.3 is 0 Å². The topological polar surface area (TPSA) is 54.5 Å². The van der Waals surface area contributed by atoms with Crippen molar-refractivity contribution in [3.05, 3.63) is 82.4 Å². The lowest BCUT2D eigenvalue weighted by molar-refractivity contribution is -0.111. The molecule has 5 nitrogen and oxygen atoms in total. The zero-order chi connectivity index (χ0) is 23.0. The van der Waals surface area contributed by atoms with Gasteiger partial charge in [0.1, 0.15) is 12.4 Å². The Morgan fingerprint density at radius 2 is 1.88 bits per heavy atom. The van der Waals surface area contributed by atoms with Crippen LogP contribution < -0.4 is 10.1 Å². The van der Waals surface area contributed by atoms with Crippen molar-refractivity contribution in [2.75, 3.05) is 18.4 Å². The molecule has 1 amide bonds. The molecule has 0 saturated carbocycles. The Bertz CT molecular complexity index is 1070. The summed E-state index contributed by atoms with van der Waals surface area (Å²) < 4.78 is 5.81. The van der Waals surface area contributed by atoms with Gasteiger partial charge in [0, 0.05) is 17.5 Å². The van der Waals surface area contributed by atoms with Crippen LogP contribution >= 0.6 is 11.3 Å². The third-order valence-electron chi connectivity index (χ3n) is 5.92. The third kappa shape index (κ3) is 7.01. The molecule has 1 N–H and O–H groups in total. The van der Waals surface area contributed by atoms with E-state index in [0.29, 0.717) is 11.7 Å². The maximum absolute atomic E-state index is 12.4. The van der Waals surface area contributed by atoms with Crippen LogP contribution in [0.4, 0.5) is 5.13 Å². The predicted molar refractivity (Wildman–Crippen MR) is 135 cm³/mol. The number of thiazole rings is 1. The number of piperidine rings is 1. The van der Waals surface area contributed by atoms with E-state index in [1.165, 1.54) is 17.7 Å². The SMILES string of the molecule is Cc1nc(NC(=O)/C=C/c2ccc(OCc3ccccc3)cc2)sc1CN1CCC(C)CC1. The Morgan fingerprint density at radius 1 is 1.15 bits per heavy atom. The molecule has 2 heterocycles. The van der Waals surface area contributed by atoms with Gasteiger partial charge in [0.15, 0.2) is 5.13 Å². The minimum absolute atomic E-state index is 0.175. The normalized spacial score (nSPS) is 15.1. The molecule has 1 aliphatic rings. The van der Waals surface area contributed by atoms with E-state index in [1.54, 1.807) is 23.5 Å². The molecule has 0 spiro atoms. The number of aromatic nitrogens is 1. The van der Waals surface area contributed by atoms with Crippen molar-refractivity contribution >= 4 is 28.5 Å². The molecule has 4 rings (SSSR count). The molecule has 2 aromatic carbocycles. The van der Waals surface area contributed by atoms with E-state index in [2.05, 4.69) is 22.1 Å². The Balaban J connectivity index is 1.26. The Kier molecular flexibility index (Phi) is 7.92. The van der Waals surface area contributed by atoms with Crippen LogP contribution in [0.15, 0.2) is 60.7 Å². The molecule has 172 valence electrons. The maximum Gasteiger partial charge on any atom is 0.250 e. The monoisotopic (exact) mass is 461 g/mol. The van der Waals surface area contributed by atoms with E-state index in [4.69, 9.17) is 4.74 Å². The van der Waals surface area contributed by atoms with E-state index < -0.39 is 0 Å². The number of nitrogens with zero attached hydrogens (tertiary/aromatic N) is 2. The lowest BCUT2D eigenvalue weighted by Gasteiger charge is -2.29. The van der Waals surface area contributed by atoms with Crippen LogP contribution in [0.2, 0.25) is 0 Å². The number of carbonyl (C=O) groups is 1. The molecule has 33 heavy (non-hydrogen) atoms. The highest BCUT2D eigenvalue weighted by Crippen LogP contribution is 2.26. The molecule has 0 bridgehead atoms. The number of hydrogen-bond acceptors (Lipinski definition) is 5. The first-order valence-corrected chi connectivity index (χ1v) is 12.3. The standard InChI is InChI=1S/C27H31N3O2S/c1-20-14-16-30(17-15-20)18-25-21(2)28-27(33-25)29-26(31)13-10-22-8-11-24(12-9-22)32-19-23-6-4-3-5-7-23/h3-13,20H,14-19H2,1-2H3,(H,28,29,31)/b13-10+. The number of carbonyl (C=O) groups excluding carboxylic acids is 1. The fourth-order valence-corrected chi connectivity index (χ4v) is 4.79. The molecule has 0 unspecified atom stereocenters. The average molecular weight is 462 g/mol. The molecule has 1 saturated heterocycles. The van der Waals surface area contributed by atoms with Gasteiger partial charge in [0.25, 0.3) is 0 Å². The van der Waals surface area contributed by atoms with E-state index in [1.807, 2.05) is 61.5 Å². The lowest BCUT2D eigenvalue weighted by atomic mass is 9.99. The average Bonchev–Trinajstić information content (AvgIpc) is 3.17. The van der Waals surface area contributed by atoms with Gasteiger partial charge in [-0.25, -0.2) is 4.98 Å². The second-order valence-electron chi connectivity index (χ2n) is 8.65. The van der Waals surface area contributed by atoms with Crippen molar-refractivity contribution in [2.45, 2.75) is 39.8 Å². The van der Waals surface area contributed by atoms with Gasteiger partial charge in [-0.05, 0) is 68.1 Å². The van der Waals surface area contributed by atoms with Crippen LogP contribution in [0.1, 0.15) is 41.5 Å². The summed E-state index contributed by atoms with van der Waals surface area (Å²) in [6.45, 7) is 8.07. The van der Waals surface area contributed by atoms with Gasteiger partial charge in [0.2, 0.25) is 5.91 Å². The zero-order valence-electron chi connectivity index (χ0n) is 19.3. The van der Waals surface area contributed by atoms with Crippen LogP contribution in [0.5, 0.6) is 5.75 Å². The molecular formula is C27H31N3O2S. The van der Waals surface area contributed by atoms with Crippen molar-refractivity contribution in [2.24, 2.45) is 5.92 Å². The highest BCUT2D eigenvalue weighted by Gasteiger charge is 2.18. The van der Waals surface area contributed by atoms with Crippen LogP contribution in [0.3, 0.4) is 0 Å². The van der Waals surface area contributed by atoms with Gasteiger partial charge in [-0.1, -0.05) is 49.4 Å². The largest absolute Gasteiger partial charge is 0.489 e. The van der Waals surface area contributed by atoms with Crippen LogP contribution in [-0.4, -0.2) is 28.9 Å². The summed E-state index contributed by atoms with van der Waals surface area (Å²) in [5.74, 6) is 1.45. The first kappa shape index (κ1) is 23.2. The minimum atomic E-state index is -0.175. The smallest absolute Gasteiger partial charge is 0.250 e. The minimum Gasteiger partial charge on any atom is -0.489 e. The quantitative estimate of drug-likeness (QED) is 0.424. The Morgan fingerprint density at radius 3 is 2.61 bits per heavy atom. The van der Waals surface area contributed by atoms with E-state index in [0.717, 1.165) is 48.1 Å². The number of anilines is 1. The number of nitrogens with one attached hydrogen (secondary N) is 1. The molecule has 1 fully saturated rings. The molecule has 0 radical (unpaired) electrons. The lowest BCUT2D eigenvalue weighted by Crippen LogP contribution is -2.32. The van der Waals surface area contributed by atoms with E-state index >= 15 is 0 Å². The van der Waals surface area contributed by atoms with Crippen LogP contribution in [0.25, 0.3) is 6.08 Å². The Labute approximate surface area is 200 Å². The molecular weight excluding hydrogens is 430 g/mol. The molecule has 1 aromatic heterocycles. The summed E-state index contributed by atoms with van der Waals surface area (Å²) in [7, 11) is 0. The molecule has 0 aliphatic carbocycles. The summed E-state index contributed by atoms with van der Waals surface area (Å²) in [5, 5.41) is 3.57. The van der Waals surface area contributed by atoms with Crippen molar-refractivity contribution in [1.29, 1.82) is 0 Å². The van der Waals surface area contributed by atoms with E-state index in [-0.39, 0.29) is 5.91 Å². The number of aryl methyl sites for hydroxylation is 1. The van der Waals surface area contributed by atoms with Crippen molar-refractivity contribution in [3.8, 4) is 5.75 Å². The van der Waals surface area contributed by atoms with Crippen molar-refractivity contribution in [1.82, 2.24) is 9.88 Å². The maximum atomic E-state index is 12.4. The van der Waals surface area contributed by atoms with Gasteiger partial charge in [0.05, 0.1) is 5.69 Å². The van der Waals surface area contributed by atoms with Crippen molar-refractivity contribution < 1.29 is 9.53 Å². The molecule has 6 heteroatoms. The second-order valence-corrected chi connectivity index (χ2v) is 9.74.